The minimum absolute atomic E-state index is 0.108. The predicted molar refractivity (Wildman–Crippen MR) is 137 cm³/mol. The van der Waals surface area contributed by atoms with E-state index in [9.17, 15) is 19.1 Å². The van der Waals surface area contributed by atoms with Crippen LogP contribution in [0.15, 0.2) is 60.9 Å². The number of para-hydroxylation sites is 1. The van der Waals surface area contributed by atoms with Crippen LogP contribution in [0.2, 0.25) is 0 Å². The zero-order valence-corrected chi connectivity index (χ0v) is 21.0. The Balaban J connectivity index is 1.41. The topological polar surface area (TPSA) is 144 Å². The van der Waals surface area contributed by atoms with Crippen LogP contribution in [-0.4, -0.2) is 62.7 Å². The van der Waals surface area contributed by atoms with E-state index in [0.717, 1.165) is 5.56 Å². The van der Waals surface area contributed by atoms with Crippen LogP contribution in [0.3, 0.4) is 0 Å². The van der Waals surface area contributed by atoms with Gasteiger partial charge in [-0.3, -0.25) is 4.57 Å². The lowest BCUT2D eigenvalue weighted by molar-refractivity contribution is -0.125. The maximum atomic E-state index is 12.1. The number of ether oxygens (including phenoxy) is 3. The van der Waals surface area contributed by atoms with Gasteiger partial charge in [0.1, 0.15) is 17.7 Å². The molecule has 1 aromatic heterocycles. The Bertz CT molecular complexity index is 1330. The summed E-state index contributed by atoms with van der Waals surface area (Å²) in [4.78, 5) is 35.4. The van der Waals surface area contributed by atoms with Gasteiger partial charge in [0.05, 0.1) is 29.8 Å². The Morgan fingerprint density at radius 1 is 1.11 bits per heavy atom. The van der Waals surface area contributed by atoms with Crippen LogP contribution in [-0.2, 0) is 18.8 Å². The molecule has 5 atom stereocenters. The lowest BCUT2D eigenvalue weighted by Crippen LogP contribution is -2.29. The summed E-state index contributed by atoms with van der Waals surface area (Å²) in [6, 6.07) is 14.8. The number of benzene rings is 2. The third kappa shape index (κ3) is 5.77. The van der Waals surface area contributed by atoms with E-state index in [1.165, 1.54) is 0 Å². The van der Waals surface area contributed by atoms with Gasteiger partial charge in [0.15, 0.2) is 12.5 Å². The summed E-state index contributed by atoms with van der Waals surface area (Å²) in [5.74, 6) is 0. The monoisotopic (exact) mass is 528 g/mol. The Labute approximate surface area is 213 Å². The molecule has 5 rings (SSSR count). The summed E-state index contributed by atoms with van der Waals surface area (Å²) in [5, 5.41) is 5.50. The molecule has 196 valence electrons. The summed E-state index contributed by atoms with van der Waals surface area (Å²) in [5.41, 5.74) is 2.82. The highest BCUT2D eigenvalue weighted by Crippen LogP contribution is 2.44. The highest BCUT2D eigenvalue weighted by molar-refractivity contribution is 7.51. The molecule has 0 bridgehead atoms. The van der Waals surface area contributed by atoms with Crippen LogP contribution in [0, 0.1) is 0 Å². The van der Waals surface area contributed by atoms with E-state index in [-0.39, 0.29) is 18.6 Å². The van der Waals surface area contributed by atoms with E-state index in [0.29, 0.717) is 23.3 Å². The fraction of sp³-hybridized carbons (Fsp3) is 0.360. The van der Waals surface area contributed by atoms with Crippen molar-refractivity contribution in [3.05, 3.63) is 66.5 Å². The first kappa shape index (κ1) is 25.6. The van der Waals surface area contributed by atoms with Crippen molar-refractivity contribution in [2.45, 2.75) is 44.2 Å². The molecule has 2 unspecified atom stereocenters. The zero-order valence-electron chi connectivity index (χ0n) is 20.1. The van der Waals surface area contributed by atoms with E-state index >= 15 is 0 Å². The van der Waals surface area contributed by atoms with E-state index < -0.39 is 38.4 Å². The maximum Gasteiger partial charge on any atom is 0.325 e. The van der Waals surface area contributed by atoms with Crippen LogP contribution >= 0.6 is 7.60 Å². The molecule has 37 heavy (non-hydrogen) atoms. The summed E-state index contributed by atoms with van der Waals surface area (Å²) in [6.45, 7) is 2.32. The minimum Gasteiger partial charge on any atom is -0.349 e. The normalized spacial score (nSPS) is 25.5. The van der Waals surface area contributed by atoms with Gasteiger partial charge < -0.3 is 39.2 Å². The largest absolute Gasteiger partial charge is 0.349 e. The van der Waals surface area contributed by atoms with Crippen LogP contribution < -0.4 is 10.6 Å². The molecule has 2 fully saturated rings. The quantitative estimate of drug-likeness (QED) is 0.326. The van der Waals surface area contributed by atoms with Crippen molar-refractivity contribution in [3.8, 4) is 0 Å². The highest BCUT2D eigenvalue weighted by Gasteiger charge is 2.53. The van der Waals surface area contributed by atoms with Crippen molar-refractivity contribution in [2.75, 3.05) is 18.0 Å². The molecule has 0 saturated carbocycles. The molecule has 2 aliphatic heterocycles. The van der Waals surface area contributed by atoms with Crippen molar-refractivity contribution in [3.63, 3.8) is 0 Å². The molecule has 3 heterocycles. The Morgan fingerprint density at radius 3 is 2.65 bits per heavy atom. The second-order valence-corrected chi connectivity index (χ2v) is 10.7. The molecule has 4 N–H and O–H groups in total. The third-order valence-electron chi connectivity index (χ3n) is 6.28. The Morgan fingerprint density at radius 2 is 1.89 bits per heavy atom. The Hall–Kier alpha value is -3.05. The Kier molecular flexibility index (Phi) is 7.43. The number of urea groups is 1. The van der Waals surface area contributed by atoms with Crippen molar-refractivity contribution in [1.29, 1.82) is 0 Å². The van der Waals surface area contributed by atoms with Gasteiger partial charge in [-0.2, -0.15) is 0 Å². The molecule has 2 saturated heterocycles. The van der Waals surface area contributed by atoms with Gasteiger partial charge in [-0.25, -0.2) is 9.78 Å². The van der Waals surface area contributed by atoms with Gasteiger partial charge >= 0.3 is 13.6 Å². The van der Waals surface area contributed by atoms with Gasteiger partial charge in [0.25, 0.3) is 0 Å². The summed E-state index contributed by atoms with van der Waals surface area (Å²) >= 11 is 0. The highest BCUT2D eigenvalue weighted by atomic mass is 31.2. The summed E-state index contributed by atoms with van der Waals surface area (Å²) in [7, 11) is -4.22. The number of imidazole rings is 1. The fourth-order valence-corrected chi connectivity index (χ4v) is 5.23. The van der Waals surface area contributed by atoms with Gasteiger partial charge in [-0.15, -0.1) is 0 Å². The van der Waals surface area contributed by atoms with E-state index in [1.807, 2.05) is 55.5 Å². The van der Waals surface area contributed by atoms with E-state index in [2.05, 4.69) is 15.6 Å². The maximum absolute atomic E-state index is 12.1. The molecule has 0 spiro atoms. The molecular weight excluding hydrogens is 499 g/mol. The van der Waals surface area contributed by atoms with E-state index in [1.54, 1.807) is 23.0 Å². The minimum atomic E-state index is -4.22. The molecule has 2 amide bonds. The molecule has 2 aromatic carbocycles. The summed E-state index contributed by atoms with van der Waals surface area (Å²) < 4.78 is 32.0. The number of anilines is 1. The molecule has 0 radical (unpaired) electrons. The number of amides is 2. The first-order chi connectivity index (χ1) is 17.8. The number of carbonyl (C=O) groups is 1. The van der Waals surface area contributed by atoms with Crippen molar-refractivity contribution in [1.82, 2.24) is 14.9 Å². The number of hydrogen-bond acceptors (Lipinski definition) is 6. The van der Waals surface area contributed by atoms with Gasteiger partial charge in [0, 0.05) is 6.54 Å². The second kappa shape index (κ2) is 10.7. The number of aromatic nitrogens is 2. The van der Waals surface area contributed by atoms with Crippen LogP contribution in [0.1, 0.15) is 25.1 Å². The van der Waals surface area contributed by atoms with Crippen LogP contribution in [0.4, 0.5) is 10.5 Å². The van der Waals surface area contributed by atoms with Crippen LogP contribution in [0.25, 0.3) is 17.1 Å². The van der Waals surface area contributed by atoms with Gasteiger partial charge in [0.2, 0.25) is 0 Å². The molecule has 12 heteroatoms. The summed E-state index contributed by atoms with van der Waals surface area (Å²) in [6.07, 6.45) is 2.15. The molecule has 11 nitrogen and oxygen atoms in total. The average molecular weight is 529 g/mol. The lowest BCUT2D eigenvalue weighted by Gasteiger charge is -2.21. The first-order valence-electron chi connectivity index (χ1n) is 12.1. The number of rotatable bonds is 8. The van der Waals surface area contributed by atoms with Crippen LogP contribution in [0.5, 0.6) is 0 Å². The number of carbonyl (C=O) groups excluding carboxylic acids is 1. The van der Waals surface area contributed by atoms with Crippen molar-refractivity contribution >= 4 is 36.4 Å². The second-order valence-electron chi connectivity index (χ2n) is 8.89. The molecular formula is C25H29N4O7P. The molecule has 2 aliphatic rings. The van der Waals surface area contributed by atoms with Crippen molar-refractivity contribution < 1.29 is 33.4 Å². The zero-order chi connectivity index (χ0) is 26.0. The van der Waals surface area contributed by atoms with Gasteiger partial charge in [-0.1, -0.05) is 42.5 Å². The lowest BCUT2D eigenvalue weighted by atomic mass is 10.1. The molecule has 0 aliphatic carbocycles. The van der Waals surface area contributed by atoms with Crippen molar-refractivity contribution in [2.24, 2.45) is 0 Å². The van der Waals surface area contributed by atoms with E-state index in [4.69, 9.17) is 14.2 Å². The third-order valence-corrected chi connectivity index (χ3v) is 7.12. The number of hydrogen-bond donors (Lipinski definition) is 4. The molecule has 3 aromatic rings. The number of nitrogens with one attached hydrogen (secondary N) is 2. The number of nitrogens with zero attached hydrogens (tertiary/aromatic N) is 2. The predicted octanol–water partition coefficient (Wildman–Crippen LogP) is 3.47. The first-order valence-corrected chi connectivity index (χ1v) is 13.9. The fourth-order valence-electron chi connectivity index (χ4n) is 4.64. The smallest absolute Gasteiger partial charge is 0.325 e. The number of fused-ring (bicyclic) bond motifs is 2. The SMILES string of the molecule is CCNC(=O)Nc1cccc2c1ncn2[C@@H]1O[C@H](CCP(=O)(O)O)C2O[C@H](/C=C/c3ccccc3)OC21. The van der Waals surface area contributed by atoms with Gasteiger partial charge in [-0.05, 0) is 37.1 Å². The standard InChI is InChI=1S/C25H29N4O7P/c1-2-26-25(30)28-17-9-6-10-18-21(17)27-15-29(18)24-23-22(19(34-24)13-14-37(31,32)33)35-20(36-23)12-11-16-7-4-3-5-8-16/h3-12,15,19-20,22-24H,2,13-14H2,1H3,(H2,26,28,30)(H2,31,32,33)/b12-11+/t19-,20+,22?,23?,24-/m1/s1. The average Bonchev–Trinajstić information content (AvgIpc) is 3.56.